The number of carbonyl (C=O) groups excluding carboxylic acids is 1. The van der Waals surface area contributed by atoms with Gasteiger partial charge in [-0.15, -0.1) is 0 Å². The predicted octanol–water partition coefficient (Wildman–Crippen LogP) is 0.503. The molecular weight excluding hydrogens is 158 g/mol. The third-order valence-electron chi connectivity index (χ3n) is 1.90. The summed E-state index contributed by atoms with van der Waals surface area (Å²) in [6.45, 7) is 2.42. The monoisotopic (exact) mass is 173 g/mol. The molecule has 1 unspecified atom stereocenters. The molecule has 1 rings (SSSR count). The highest BCUT2D eigenvalue weighted by Crippen LogP contribution is 2.32. The summed E-state index contributed by atoms with van der Waals surface area (Å²) < 4.78 is 4.63. The Morgan fingerprint density at radius 3 is 2.92 bits per heavy atom. The molecule has 0 bridgehead atoms. The van der Waals surface area contributed by atoms with Gasteiger partial charge in [0.2, 0.25) is 0 Å². The van der Waals surface area contributed by atoms with E-state index in [0.29, 0.717) is 19.1 Å². The van der Waals surface area contributed by atoms with Gasteiger partial charge >= 0.3 is 6.09 Å². The number of ether oxygens (including phenoxy) is 1. The Labute approximate surface area is 71.9 Å². The molecule has 1 aliphatic rings. The number of amides is 1. The standard InChI is InChI=1S/C8H15NO3/c1-2-12-8(11)9-5-7(10)6-3-4-6/h6-7,10H,2-5H2,1H3,(H,9,11). The molecule has 0 spiro atoms. The molecule has 0 saturated heterocycles. The fraction of sp³-hybridized carbons (Fsp3) is 0.875. The molecule has 1 amide bonds. The second-order valence-corrected chi connectivity index (χ2v) is 3.01. The topological polar surface area (TPSA) is 58.6 Å². The van der Waals surface area contributed by atoms with Crippen molar-refractivity contribution >= 4 is 6.09 Å². The van der Waals surface area contributed by atoms with Crippen molar-refractivity contribution in [3.63, 3.8) is 0 Å². The van der Waals surface area contributed by atoms with E-state index in [2.05, 4.69) is 10.1 Å². The lowest BCUT2D eigenvalue weighted by atomic mass is 10.2. The molecule has 4 nitrogen and oxygen atoms in total. The van der Waals surface area contributed by atoms with Gasteiger partial charge in [0, 0.05) is 6.54 Å². The van der Waals surface area contributed by atoms with Crippen LogP contribution in [0.15, 0.2) is 0 Å². The Bertz CT molecular complexity index is 156. The highest BCUT2D eigenvalue weighted by molar-refractivity contribution is 5.67. The summed E-state index contributed by atoms with van der Waals surface area (Å²) in [6, 6.07) is 0. The van der Waals surface area contributed by atoms with Crippen molar-refractivity contribution in [1.82, 2.24) is 5.32 Å². The Morgan fingerprint density at radius 1 is 1.75 bits per heavy atom. The lowest BCUT2D eigenvalue weighted by Gasteiger charge is -2.09. The number of alkyl carbamates (subject to hydrolysis) is 1. The van der Waals surface area contributed by atoms with Crippen LogP contribution in [0.25, 0.3) is 0 Å². The first-order valence-corrected chi connectivity index (χ1v) is 4.32. The van der Waals surface area contributed by atoms with Gasteiger partial charge < -0.3 is 15.2 Å². The maximum Gasteiger partial charge on any atom is 0.407 e. The van der Waals surface area contributed by atoms with E-state index in [4.69, 9.17) is 0 Å². The zero-order chi connectivity index (χ0) is 8.97. The quantitative estimate of drug-likeness (QED) is 0.651. The molecule has 0 heterocycles. The maximum absolute atomic E-state index is 10.7. The van der Waals surface area contributed by atoms with Crippen LogP contribution in [0.5, 0.6) is 0 Å². The van der Waals surface area contributed by atoms with Gasteiger partial charge in [-0.2, -0.15) is 0 Å². The normalized spacial score (nSPS) is 18.5. The lowest BCUT2D eigenvalue weighted by Crippen LogP contribution is -2.33. The van der Waals surface area contributed by atoms with Crippen molar-refractivity contribution in [3.8, 4) is 0 Å². The Balaban J connectivity index is 2.03. The van der Waals surface area contributed by atoms with E-state index in [1.165, 1.54) is 0 Å². The highest BCUT2D eigenvalue weighted by atomic mass is 16.5. The third kappa shape index (κ3) is 3.09. The molecule has 1 atom stereocenters. The minimum Gasteiger partial charge on any atom is -0.450 e. The summed E-state index contributed by atoms with van der Waals surface area (Å²) in [5, 5.41) is 11.8. The first-order valence-electron chi connectivity index (χ1n) is 4.32. The molecule has 70 valence electrons. The largest absolute Gasteiger partial charge is 0.450 e. The molecule has 1 saturated carbocycles. The van der Waals surface area contributed by atoms with Crippen LogP contribution < -0.4 is 5.32 Å². The number of aliphatic hydroxyl groups excluding tert-OH is 1. The molecular formula is C8H15NO3. The molecule has 0 aliphatic heterocycles. The Kier molecular flexibility index (Phi) is 3.34. The van der Waals surface area contributed by atoms with Crippen LogP contribution in [0.1, 0.15) is 19.8 Å². The van der Waals surface area contributed by atoms with E-state index in [1.54, 1.807) is 6.92 Å². The first kappa shape index (κ1) is 9.32. The average molecular weight is 173 g/mol. The van der Waals surface area contributed by atoms with Gasteiger partial charge in [-0.3, -0.25) is 0 Å². The Morgan fingerprint density at radius 2 is 2.42 bits per heavy atom. The van der Waals surface area contributed by atoms with E-state index >= 15 is 0 Å². The highest BCUT2D eigenvalue weighted by Gasteiger charge is 2.29. The smallest absolute Gasteiger partial charge is 0.407 e. The van der Waals surface area contributed by atoms with Crippen molar-refractivity contribution in [1.29, 1.82) is 0 Å². The predicted molar refractivity (Wildman–Crippen MR) is 43.8 cm³/mol. The van der Waals surface area contributed by atoms with Gasteiger partial charge in [-0.05, 0) is 25.7 Å². The number of aliphatic hydroxyl groups is 1. The van der Waals surface area contributed by atoms with Crippen molar-refractivity contribution < 1.29 is 14.6 Å². The molecule has 0 aromatic heterocycles. The minimum absolute atomic E-state index is 0.309. The summed E-state index contributed by atoms with van der Waals surface area (Å²) in [7, 11) is 0. The first-order chi connectivity index (χ1) is 5.74. The molecule has 2 N–H and O–H groups in total. The molecule has 1 aliphatic carbocycles. The number of hydrogen-bond acceptors (Lipinski definition) is 3. The number of carbonyl (C=O) groups is 1. The fourth-order valence-corrected chi connectivity index (χ4v) is 1.02. The van der Waals surface area contributed by atoms with Crippen molar-refractivity contribution in [2.24, 2.45) is 5.92 Å². The van der Waals surface area contributed by atoms with Crippen molar-refractivity contribution in [3.05, 3.63) is 0 Å². The number of nitrogens with one attached hydrogen (secondary N) is 1. The maximum atomic E-state index is 10.7. The lowest BCUT2D eigenvalue weighted by molar-refractivity contribution is 0.125. The summed E-state index contributed by atoms with van der Waals surface area (Å²) in [6.07, 6.45) is 1.31. The number of rotatable bonds is 4. The zero-order valence-corrected chi connectivity index (χ0v) is 7.25. The van der Waals surface area contributed by atoms with Gasteiger partial charge in [0.05, 0.1) is 12.7 Å². The number of hydrogen-bond donors (Lipinski definition) is 2. The van der Waals surface area contributed by atoms with Crippen LogP contribution >= 0.6 is 0 Å². The van der Waals surface area contributed by atoms with Crippen LogP contribution in [0.4, 0.5) is 4.79 Å². The van der Waals surface area contributed by atoms with E-state index in [0.717, 1.165) is 12.8 Å². The van der Waals surface area contributed by atoms with Gasteiger partial charge in [0.1, 0.15) is 0 Å². The summed E-state index contributed by atoms with van der Waals surface area (Å²) in [5.74, 6) is 0.395. The molecule has 1 fully saturated rings. The van der Waals surface area contributed by atoms with Gasteiger partial charge in [-0.1, -0.05) is 0 Å². The summed E-state index contributed by atoms with van der Waals surface area (Å²) >= 11 is 0. The Hall–Kier alpha value is -0.770. The van der Waals surface area contributed by atoms with E-state index in [9.17, 15) is 9.90 Å². The van der Waals surface area contributed by atoms with Crippen molar-refractivity contribution in [2.75, 3.05) is 13.2 Å². The van der Waals surface area contributed by atoms with Gasteiger partial charge in [-0.25, -0.2) is 4.79 Å². The molecule has 0 aromatic rings. The molecule has 0 aromatic carbocycles. The van der Waals surface area contributed by atoms with Crippen LogP contribution in [-0.2, 0) is 4.74 Å². The molecule has 12 heavy (non-hydrogen) atoms. The second kappa shape index (κ2) is 4.30. The zero-order valence-electron chi connectivity index (χ0n) is 7.25. The van der Waals surface area contributed by atoms with Crippen molar-refractivity contribution in [2.45, 2.75) is 25.9 Å². The van der Waals surface area contributed by atoms with Crippen LogP contribution in [0.3, 0.4) is 0 Å². The van der Waals surface area contributed by atoms with E-state index in [-0.39, 0.29) is 0 Å². The third-order valence-corrected chi connectivity index (χ3v) is 1.90. The van der Waals surface area contributed by atoms with E-state index < -0.39 is 12.2 Å². The van der Waals surface area contributed by atoms with E-state index in [1.807, 2.05) is 0 Å². The van der Waals surface area contributed by atoms with Crippen LogP contribution in [-0.4, -0.2) is 30.5 Å². The average Bonchev–Trinajstić information content (AvgIpc) is 2.83. The molecule has 0 radical (unpaired) electrons. The van der Waals surface area contributed by atoms with Crippen LogP contribution in [0.2, 0.25) is 0 Å². The fourth-order valence-electron chi connectivity index (χ4n) is 1.02. The second-order valence-electron chi connectivity index (χ2n) is 3.01. The summed E-state index contributed by atoms with van der Waals surface area (Å²) in [5.41, 5.74) is 0. The SMILES string of the molecule is CCOC(=O)NCC(O)C1CC1. The van der Waals surface area contributed by atoms with Gasteiger partial charge in [0.25, 0.3) is 0 Å². The minimum atomic E-state index is -0.447. The van der Waals surface area contributed by atoms with Crippen LogP contribution in [0, 0.1) is 5.92 Å². The summed E-state index contributed by atoms with van der Waals surface area (Å²) in [4.78, 5) is 10.7. The molecule has 4 heteroatoms. The van der Waals surface area contributed by atoms with Gasteiger partial charge in [0.15, 0.2) is 0 Å².